The lowest BCUT2D eigenvalue weighted by molar-refractivity contribution is -0.140. The molecule has 1 aliphatic heterocycles. The first kappa shape index (κ1) is 13.2. The highest BCUT2D eigenvalue weighted by Crippen LogP contribution is 2.40. The summed E-state index contributed by atoms with van der Waals surface area (Å²) in [7, 11) is 5.50. The fourth-order valence-electron chi connectivity index (χ4n) is 1.79. The van der Waals surface area contributed by atoms with Gasteiger partial charge in [-0.05, 0) is 25.2 Å². The molecule has 1 aliphatic rings. The summed E-state index contributed by atoms with van der Waals surface area (Å²) in [5, 5.41) is 0.850. The predicted octanol–water partition coefficient (Wildman–Crippen LogP) is 3.51. The minimum Gasteiger partial charge on any atom is -0.469 e. The lowest BCUT2D eigenvalue weighted by Crippen LogP contribution is -2.07. The summed E-state index contributed by atoms with van der Waals surface area (Å²) in [6.45, 7) is 2.29. The number of ether oxygens (including phenoxy) is 1. The topological polar surface area (TPSA) is 26.3 Å². The standard InChI is InChI=1S/C11H20O2S2/c1-9(4-3-5-11(12)13-2)8-10-6-7-14-15-10/h9-10H,3-8H2,1-2H3/t9-,10-/m0/s1. The van der Waals surface area contributed by atoms with E-state index in [0.717, 1.165) is 24.0 Å². The molecule has 0 saturated carbocycles. The number of rotatable bonds is 6. The molecule has 4 heteroatoms. The summed E-state index contributed by atoms with van der Waals surface area (Å²) < 4.78 is 4.62. The summed E-state index contributed by atoms with van der Waals surface area (Å²) in [4.78, 5) is 10.9. The van der Waals surface area contributed by atoms with Crippen LogP contribution in [0.25, 0.3) is 0 Å². The van der Waals surface area contributed by atoms with Gasteiger partial charge in [-0.2, -0.15) is 0 Å². The average molecular weight is 248 g/mol. The highest BCUT2D eigenvalue weighted by molar-refractivity contribution is 8.77. The molecule has 0 aromatic heterocycles. The summed E-state index contributed by atoms with van der Waals surface area (Å²) in [6.07, 6.45) is 5.36. The normalized spacial score (nSPS) is 22.7. The zero-order valence-electron chi connectivity index (χ0n) is 9.53. The van der Waals surface area contributed by atoms with E-state index >= 15 is 0 Å². The van der Waals surface area contributed by atoms with E-state index in [2.05, 4.69) is 11.7 Å². The van der Waals surface area contributed by atoms with Crippen LogP contribution in [0, 0.1) is 5.92 Å². The van der Waals surface area contributed by atoms with Crippen LogP contribution in [0.1, 0.15) is 39.0 Å². The Kier molecular flexibility index (Phi) is 6.57. The second-order valence-corrected chi connectivity index (χ2v) is 6.93. The molecular formula is C11H20O2S2. The monoisotopic (exact) mass is 248 g/mol. The van der Waals surface area contributed by atoms with E-state index in [4.69, 9.17) is 0 Å². The van der Waals surface area contributed by atoms with Crippen molar-refractivity contribution in [2.24, 2.45) is 5.92 Å². The van der Waals surface area contributed by atoms with Gasteiger partial charge in [0.2, 0.25) is 0 Å². The quantitative estimate of drug-likeness (QED) is 0.531. The first-order chi connectivity index (χ1) is 7.22. The number of esters is 1. The third-order valence-corrected chi connectivity index (χ3v) is 5.66. The number of methoxy groups -OCH3 is 1. The van der Waals surface area contributed by atoms with E-state index in [1.54, 1.807) is 0 Å². The van der Waals surface area contributed by atoms with Crippen LogP contribution < -0.4 is 0 Å². The Morgan fingerprint density at radius 2 is 2.40 bits per heavy atom. The Labute approximate surface area is 100 Å². The molecule has 15 heavy (non-hydrogen) atoms. The van der Waals surface area contributed by atoms with Crippen LogP contribution in [0.4, 0.5) is 0 Å². The van der Waals surface area contributed by atoms with Crippen LogP contribution in [-0.2, 0) is 9.53 Å². The molecule has 0 bridgehead atoms. The van der Waals surface area contributed by atoms with E-state index in [9.17, 15) is 4.79 Å². The van der Waals surface area contributed by atoms with Crippen molar-refractivity contribution in [2.75, 3.05) is 12.9 Å². The molecular weight excluding hydrogens is 228 g/mol. The van der Waals surface area contributed by atoms with Crippen LogP contribution in [0.5, 0.6) is 0 Å². The van der Waals surface area contributed by atoms with Crippen molar-refractivity contribution in [3.05, 3.63) is 0 Å². The van der Waals surface area contributed by atoms with Gasteiger partial charge in [-0.15, -0.1) is 0 Å². The lowest BCUT2D eigenvalue weighted by atomic mass is 9.98. The van der Waals surface area contributed by atoms with Gasteiger partial charge < -0.3 is 4.74 Å². The van der Waals surface area contributed by atoms with Crippen molar-refractivity contribution in [1.82, 2.24) is 0 Å². The molecule has 0 spiro atoms. The van der Waals surface area contributed by atoms with Crippen molar-refractivity contribution in [2.45, 2.75) is 44.3 Å². The molecule has 2 nitrogen and oxygen atoms in total. The molecule has 88 valence electrons. The third-order valence-electron chi connectivity index (χ3n) is 2.70. The Morgan fingerprint density at radius 1 is 1.60 bits per heavy atom. The van der Waals surface area contributed by atoms with Crippen LogP contribution in [0.15, 0.2) is 0 Å². The molecule has 2 atom stereocenters. The van der Waals surface area contributed by atoms with Gasteiger partial charge in [0, 0.05) is 17.4 Å². The molecule has 0 radical (unpaired) electrons. The van der Waals surface area contributed by atoms with Gasteiger partial charge >= 0.3 is 5.97 Å². The third kappa shape index (κ3) is 5.71. The highest BCUT2D eigenvalue weighted by atomic mass is 33.1. The van der Waals surface area contributed by atoms with Crippen molar-refractivity contribution >= 4 is 27.6 Å². The van der Waals surface area contributed by atoms with Gasteiger partial charge in [-0.25, -0.2) is 0 Å². The molecule has 1 fully saturated rings. The minimum atomic E-state index is -0.0759. The summed E-state index contributed by atoms with van der Waals surface area (Å²) >= 11 is 0. The van der Waals surface area contributed by atoms with E-state index < -0.39 is 0 Å². The van der Waals surface area contributed by atoms with Gasteiger partial charge in [-0.1, -0.05) is 34.9 Å². The number of carbonyl (C=O) groups is 1. The highest BCUT2D eigenvalue weighted by Gasteiger charge is 2.19. The van der Waals surface area contributed by atoms with Crippen molar-refractivity contribution < 1.29 is 9.53 Å². The maximum atomic E-state index is 10.9. The summed E-state index contributed by atoms with van der Waals surface area (Å²) in [5.74, 6) is 1.98. The maximum absolute atomic E-state index is 10.9. The van der Waals surface area contributed by atoms with Crippen molar-refractivity contribution in [1.29, 1.82) is 0 Å². The molecule has 1 rings (SSSR count). The fourth-order valence-corrected chi connectivity index (χ4v) is 4.91. The minimum absolute atomic E-state index is 0.0759. The summed E-state index contributed by atoms with van der Waals surface area (Å²) in [5.41, 5.74) is 0. The van der Waals surface area contributed by atoms with Gasteiger partial charge in [-0.3, -0.25) is 4.79 Å². The van der Waals surface area contributed by atoms with Crippen LogP contribution in [-0.4, -0.2) is 24.1 Å². The predicted molar refractivity (Wildman–Crippen MR) is 68.1 cm³/mol. The molecule has 0 N–H and O–H groups in total. The van der Waals surface area contributed by atoms with Crippen LogP contribution in [0.3, 0.4) is 0 Å². The zero-order valence-corrected chi connectivity index (χ0v) is 11.2. The first-order valence-electron chi connectivity index (χ1n) is 5.57. The molecule has 1 heterocycles. The van der Waals surface area contributed by atoms with Gasteiger partial charge in [0.25, 0.3) is 0 Å². The van der Waals surface area contributed by atoms with Gasteiger partial charge in [0.1, 0.15) is 0 Å². The fraction of sp³-hybridized carbons (Fsp3) is 0.909. The Balaban J connectivity index is 2.02. The Hall–Kier alpha value is 0.170. The largest absolute Gasteiger partial charge is 0.469 e. The molecule has 0 aromatic rings. The molecule has 0 amide bonds. The van der Waals surface area contributed by atoms with Crippen LogP contribution in [0.2, 0.25) is 0 Å². The van der Waals surface area contributed by atoms with E-state index in [0.29, 0.717) is 6.42 Å². The average Bonchev–Trinajstić information content (AvgIpc) is 2.70. The van der Waals surface area contributed by atoms with E-state index in [1.807, 2.05) is 21.6 Å². The molecule has 0 unspecified atom stereocenters. The SMILES string of the molecule is COC(=O)CCC[C@H](C)C[C@@H]1CCSS1. The lowest BCUT2D eigenvalue weighted by Gasteiger charge is -2.14. The van der Waals surface area contributed by atoms with E-state index in [1.165, 1.54) is 25.7 Å². The van der Waals surface area contributed by atoms with Gasteiger partial charge in [0.05, 0.1) is 7.11 Å². The first-order valence-corrected chi connectivity index (χ1v) is 7.95. The molecule has 0 aromatic carbocycles. The number of hydrogen-bond donors (Lipinski definition) is 0. The second-order valence-electron chi connectivity index (χ2n) is 4.14. The second kappa shape index (κ2) is 7.44. The zero-order chi connectivity index (χ0) is 11.1. The molecule has 1 saturated heterocycles. The smallest absolute Gasteiger partial charge is 0.305 e. The van der Waals surface area contributed by atoms with E-state index in [-0.39, 0.29) is 5.97 Å². The number of hydrogen-bond acceptors (Lipinski definition) is 4. The van der Waals surface area contributed by atoms with Crippen molar-refractivity contribution in [3.8, 4) is 0 Å². The Bertz CT molecular complexity index is 191. The van der Waals surface area contributed by atoms with Crippen LogP contribution >= 0.6 is 21.6 Å². The summed E-state index contributed by atoms with van der Waals surface area (Å²) in [6, 6.07) is 0. The van der Waals surface area contributed by atoms with Gasteiger partial charge in [0.15, 0.2) is 0 Å². The molecule has 0 aliphatic carbocycles. The van der Waals surface area contributed by atoms with Crippen molar-refractivity contribution in [3.63, 3.8) is 0 Å². The maximum Gasteiger partial charge on any atom is 0.305 e. The Morgan fingerprint density at radius 3 is 3.00 bits per heavy atom. The number of carbonyl (C=O) groups excluding carboxylic acids is 1.